The molecular formula is C22H29N3O3. The Morgan fingerprint density at radius 3 is 2.25 bits per heavy atom. The largest absolute Gasteiger partial charge is 0.343 e. The molecule has 0 aromatic heterocycles. The summed E-state index contributed by atoms with van der Waals surface area (Å²) in [5.41, 5.74) is 1.73. The predicted molar refractivity (Wildman–Crippen MR) is 105 cm³/mol. The van der Waals surface area contributed by atoms with Gasteiger partial charge in [-0.1, -0.05) is 30.3 Å². The molecule has 0 saturated carbocycles. The van der Waals surface area contributed by atoms with Gasteiger partial charge in [-0.2, -0.15) is 0 Å². The van der Waals surface area contributed by atoms with Crippen LogP contribution < -0.4 is 5.32 Å². The first kappa shape index (κ1) is 19.1. The molecule has 0 bridgehead atoms. The minimum atomic E-state index is -0.475. The number of hydrogen-bond acceptors (Lipinski definition) is 4. The van der Waals surface area contributed by atoms with E-state index in [1.165, 1.54) is 18.4 Å². The van der Waals surface area contributed by atoms with Gasteiger partial charge in [0.15, 0.2) is 0 Å². The van der Waals surface area contributed by atoms with Crippen LogP contribution in [0.25, 0.3) is 0 Å². The summed E-state index contributed by atoms with van der Waals surface area (Å²) in [7, 11) is 0. The van der Waals surface area contributed by atoms with E-state index in [1.807, 2.05) is 4.90 Å². The summed E-state index contributed by atoms with van der Waals surface area (Å²) in [6.07, 6.45) is 4.80. The maximum Gasteiger partial charge on any atom is 0.230 e. The van der Waals surface area contributed by atoms with Gasteiger partial charge in [-0.3, -0.25) is 24.6 Å². The van der Waals surface area contributed by atoms with Gasteiger partial charge in [0, 0.05) is 32.5 Å². The van der Waals surface area contributed by atoms with Crippen LogP contribution in [0.4, 0.5) is 0 Å². The lowest BCUT2D eigenvalue weighted by atomic mass is 9.71. The van der Waals surface area contributed by atoms with Crippen LogP contribution in [0.5, 0.6) is 0 Å². The summed E-state index contributed by atoms with van der Waals surface area (Å²) < 4.78 is 0. The van der Waals surface area contributed by atoms with Crippen molar-refractivity contribution in [3.63, 3.8) is 0 Å². The Bertz CT molecular complexity index is 731. The van der Waals surface area contributed by atoms with Gasteiger partial charge in [-0.15, -0.1) is 0 Å². The standard InChI is InChI=1S/C22H29N3O3/c26-19-14-18(21(28)23-19)15-20(27)25-12-8-22(9-13-25)6-10-24(11-7-22)16-17-4-2-1-3-5-17/h1-5,18H,6-16H2,(H,23,26,28). The van der Waals surface area contributed by atoms with Crippen LogP contribution in [0.15, 0.2) is 30.3 Å². The predicted octanol–water partition coefficient (Wildman–Crippen LogP) is 1.94. The number of imide groups is 1. The highest BCUT2D eigenvalue weighted by atomic mass is 16.2. The first-order valence-electron chi connectivity index (χ1n) is 10.4. The Morgan fingerprint density at radius 1 is 1.00 bits per heavy atom. The molecule has 3 fully saturated rings. The monoisotopic (exact) mass is 383 g/mol. The number of nitrogens with zero attached hydrogens (tertiary/aromatic N) is 2. The molecule has 1 N–H and O–H groups in total. The van der Waals surface area contributed by atoms with Gasteiger partial charge < -0.3 is 4.90 Å². The number of carbonyl (C=O) groups excluding carboxylic acids is 3. The Labute approximate surface area is 166 Å². The average Bonchev–Trinajstić information content (AvgIpc) is 3.02. The van der Waals surface area contributed by atoms with Gasteiger partial charge in [-0.05, 0) is 49.8 Å². The normalized spacial score (nSPS) is 25.1. The molecule has 3 heterocycles. The second-order valence-corrected chi connectivity index (χ2v) is 8.66. The van der Waals surface area contributed by atoms with Crippen LogP contribution in [-0.4, -0.2) is 53.7 Å². The number of piperidine rings is 2. The summed E-state index contributed by atoms with van der Waals surface area (Å²) >= 11 is 0. The highest BCUT2D eigenvalue weighted by Crippen LogP contribution is 2.41. The molecule has 6 heteroatoms. The highest BCUT2D eigenvalue weighted by molar-refractivity contribution is 6.04. The van der Waals surface area contributed by atoms with Crippen LogP contribution >= 0.6 is 0 Å². The summed E-state index contributed by atoms with van der Waals surface area (Å²) in [6, 6.07) is 10.6. The fraction of sp³-hybridized carbons (Fsp3) is 0.591. The number of rotatable bonds is 4. The fourth-order valence-electron chi connectivity index (χ4n) is 4.87. The Balaban J connectivity index is 1.23. The minimum Gasteiger partial charge on any atom is -0.343 e. The minimum absolute atomic E-state index is 0.0196. The van der Waals surface area contributed by atoms with Crippen molar-refractivity contribution in [1.82, 2.24) is 15.1 Å². The van der Waals surface area contributed by atoms with Crippen LogP contribution in [-0.2, 0) is 20.9 Å². The molecule has 1 aromatic rings. The van der Waals surface area contributed by atoms with Gasteiger partial charge in [0.1, 0.15) is 0 Å². The maximum atomic E-state index is 12.6. The van der Waals surface area contributed by atoms with E-state index in [-0.39, 0.29) is 30.6 Å². The van der Waals surface area contributed by atoms with Gasteiger partial charge >= 0.3 is 0 Å². The Kier molecular flexibility index (Phi) is 5.49. The summed E-state index contributed by atoms with van der Waals surface area (Å²) in [6.45, 7) is 4.81. The Morgan fingerprint density at radius 2 is 1.64 bits per heavy atom. The molecule has 3 aliphatic rings. The molecule has 3 aliphatic heterocycles. The SMILES string of the molecule is O=C1CC(CC(=O)N2CCC3(CCN(Cc4ccccc4)CC3)CC2)C(=O)N1. The topological polar surface area (TPSA) is 69.7 Å². The molecule has 150 valence electrons. The average molecular weight is 383 g/mol. The molecule has 3 amide bonds. The molecule has 0 radical (unpaired) electrons. The van der Waals surface area contributed by atoms with Crippen molar-refractivity contribution in [3.05, 3.63) is 35.9 Å². The number of likely N-dealkylation sites (tertiary alicyclic amines) is 2. The van der Waals surface area contributed by atoms with Gasteiger partial charge in [0.2, 0.25) is 17.7 Å². The molecular weight excluding hydrogens is 354 g/mol. The van der Waals surface area contributed by atoms with Crippen LogP contribution in [0.3, 0.4) is 0 Å². The Hall–Kier alpha value is -2.21. The summed E-state index contributed by atoms with van der Waals surface area (Å²) in [5.74, 6) is -1.01. The molecule has 3 saturated heterocycles. The number of hydrogen-bond donors (Lipinski definition) is 1. The molecule has 1 spiro atoms. The van der Waals surface area contributed by atoms with Crippen LogP contribution in [0.2, 0.25) is 0 Å². The van der Waals surface area contributed by atoms with E-state index in [4.69, 9.17) is 0 Å². The van der Waals surface area contributed by atoms with Crippen LogP contribution in [0, 0.1) is 11.3 Å². The van der Waals surface area contributed by atoms with Crippen molar-refractivity contribution in [2.45, 2.75) is 45.1 Å². The molecule has 4 rings (SSSR count). The molecule has 0 aliphatic carbocycles. The molecule has 6 nitrogen and oxygen atoms in total. The first-order chi connectivity index (χ1) is 13.5. The zero-order valence-electron chi connectivity index (χ0n) is 16.4. The van der Waals surface area contributed by atoms with E-state index in [0.717, 1.165) is 45.6 Å². The van der Waals surface area contributed by atoms with Crippen molar-refractivity contribution in [2.75, 3.05) is 26.2 Å². The van der Waals surface area contributed by atoms with Gasteiger partial charge in [-0.25, -0.2) is 0 Å². The quantitative estimate of drug-likeness (QED) is 0.807. The number of carbonyl (C=O) groups is 3. The lowest BCUT2D eigenvalue weighted by Gasteiger charge is -2.47. The van der Waals surface area contributed by atoms with E-state index in [2.05, 4.69) is 40.5 Å². The molecule has 1 unspecified atom stereocenters. The first-order valence-corrected chi connectivity index (χ1v) is 10.4. The smallest absolute Gasteiger partial charge is 0.230 e. The lowest BCUT2D eigenvalue weighted by molar-refractivity contribution is -0.137. The van der Waals surface area contributed by atoms with Crippen LogP contribution in [0.1, 0.15) is 44.1 Å². The highest BCUT2D eigenvalue weighted by Gasteiger charge is 2.39. The van der Waals surface area contributed by atoms with E-state index < -0.39 is 5.92 Å². The molecule has 1 aromatic carbocycles. The summed E-state index contributed by atoms with van der Waals surface area (Å²) in [4.78, 5) is 40.0. The third-order valence-corrected chi connectivity index (χ3v) is 6.83. The fourth-order valence-corrected chi connectivity index (χ4v) is 4.87. The third-order valence-electron chi connectivity index (χ3n) is 6.83. The zero-order chi connectivity index (χ0) is 19.6. The lowest BCUT2D eigenvalue weighted by Crippen LogP contribution is -2.48. The van der Waals surface area contributed by atoms with Crippen molar-refractivity contribution in [2.24, 2.45) is 11.3 Å². The van der Waals surface area contributed by atoms with E-state index in [0.29, 0.717) is 5.41 Å². The maximum absolute atomic E-state index is 12.6. The molecule has 28 heavy (non-hydrogen) atoms. The zero-order valence-corrected chi connectivity index (χ0v) is 16.4. The number of nitrogens with one attached hydrogen (secondary N) is 1. The van der Waals surface area contributed by atoms with Gasteiger partial charge in [0.25, 0.3) is 0 Å². The third kappa shape index (κ3) is 4.27. The number of amides is 3. The molecule has 1 atom stereocenters. The van der Waals surface area contributed by atoms with Gasteiger partial charge in [0.05, 0.1) is 5.92 Å². The second kappa shape index (κ2) is 8.03. The van der Waals surface area contributed by atoms with Crippen molar-refractivity contribution in [3.8, 4) is 0 Å². The van der Waals surface area contributed by atoms with Crippen molar-refractivity contribution < 1.29 is 14.4 Å². The second-order valence-electron chi connectivity index (χ2n) is 8.66. The van der Waals surface area contributed by atoms with E-state index in [9.17, 15) is 14.4 Å². The van der Waals surface area contributed by atoms with E-state index in [1.54, 1.807) is 0 Å². The van der Waals surface area contributed by atoms with Crippen molar-refractivity contribution in [1.29, 1.82) is 0 Å². The summed E-state index contributed by atoms with van der Waals surface area (Å²) in [5, 5.41) is 2.29. The van der Waals surface area contributed by atoms with Crippen molar-refractivity contribution >= 4 is 17.7 Å². The van der Waals surface area contributed by atoms with E-state index >= 15 is 0 Å². The number of benzene rings is 1.